The Bertz CT molecular complexity index is 1860. The molecule has 7 N–H and O–H groups in total. The molecule has 4 heterocycles. The summed E-state index contributed by atoms with van der Waals surface area (Å²) in [5.41, 5.74) is 0.569. The number of aliphatic hydroxyl groups excluding tert-OH is 5. The molecular formula is C57H97N3O14. The number of rotatable bonds is 13. The van der Waals surface area contributed by atoms with Gasteiger partial charge in [0.25, 0.3) is 0 Å². The number of ketones is 1. The number of aliphatic hydroxyl groups is 6. The first-order valence-electron chi connectivity index (χ1n) is 26.7. The first kappa shape index (κ1) is 66.8. The lowest BCUT2D eigenvalue weighted by molar-refractivity contribution is -0.242. The van der Waals surface area contributed by atoms with Gasteiger partial charge in [0.1, 0.15) is 23.6 Å². The lowest BCUT2D eigenvalue weighted by Crippen LogP contribution is -2.56. The molecule has 4 aliphatic heterocycles. The molecule has 424 valence electrons. The SMILES string of the molecule is C#C.CC[C@H]1OC(=O)[C@H](C)[C@@H](O[C@H]2CC(C)C[C@H](C)O2)[C@H](C)C[C@](C)(OC)C[C@@H](C)C(=O)[C@H](C)[C@@H](O)[C@]1(C)O.CO.C[C@@H]1C[C@H](N(C)CCC(=O)N[C@H](CO)[C@H](O)c2ccc(C3=CCCN(C)C3)cc2)C[C@H](O)O1. The molecule has 74 heavy (non-hydrogen) atoms. The van der Waals surface area contributed by atoms with Gasteiger partial charge in [0, 0.05) is 71.0 Å². The summed E-state index contributed by atoms with van der Waals surface area (Å²) in [5, 5.41) is 62.5. The highest BCUT2D eigenvalue weighted by molar-refractivity contribution is 5.83. The minimum Gasteiger partial charge on any atom is -0.459 e. The van der Waals surface area contributed by atoms with Gasteiger partial charge in [-0.25, -0.2) is 0 Å². The van der Waals surface area contributed by atoms with E-state index in [4.69, 9.17) is 28.8 Å². The van der Waals surface area contributed by atoms with Gasteiger partial charge in [-0.3, -0.25) is 14.4 Å². The molecule has 1 unspecified atom stereocenters. The zero-order valence-corrected chi connectivity index (χ0v) is 47.2. The van der Waals surface area contributed by atoms with Crippen molar-refractivity contribution in [2.75, 3.05) is 54.6 Å². The van der Waals surface area contributed by atoms with Crippen molar-refractivity contribution in [3.63, 3.8) is 0 Å². The van der Waals surface area contributed by atoms with Crippen LogP contribution >= 0.6 is 0 Å². The van der Waals surface area contributed by atoms with Crippen LogP contribution in [-0.2, 0) is 38.1 Å². The Hall–Kier alpha value is -3.35. The standard InChI is InChI=1S/C29H52O8.C25H39N3O5.C2H2.CH4O/c1-11-22-29(9,33)26(31)20(6)24(30)17(3)14-28(8,34-10)15-18(4)25(21(7)27(32)36-22)37-23-13-16(2)12-19(5)35-23;1-17-13-21(14-24(31)33-17)28(3)12-10-23(30)26-22(16-29)25(32)19-8-6-18(7-9-19)20-5-4-11-27(2)15-20;2*1-2/h16-23,25-26,31,33H,11-15H2,1-10H3;5-9,17,21-22,24-25,29,31-32H,4,10-16H2,1-3H3,(H,26,30);1-2H;2H,1H3/t16?,17-,18-,19+,20+,21-,22-,23+,25+,26-,28-,29-;17-,21+,22-,24-,25-;;/m11../s1. The predicted molar refractivity (Wildman–Crippen MR) is 286 cm³/mol. The van der Waals surface area contributed by atoms with Crippen molar-refractivity contribution >= 4 is 23.2 Å². The summed E-state index contributed by atoms with van der Waals surface area (Å²) in [7, 11) is 6.66. The molecule has 1 aromatic carbocycles. The normalized spacial score (nSPS) is 35.3. The fourth-order valence-corrected chi connectivity index (χ4v) is 11.1. The number of benzene rings is 1. The number of terminal acetylenes is 1. The maximum Gasteiger partial charge on any atom is 0.311 e. The second kappa shape index (κ2) is 31.8. The van der Waals surface area contributed by atoms with E-state index in [2.05, 4.69) is 48.0 Å². The Morgan fingerprint density at radius 3 is 2.12 bits per heavy atom. The highest BCUT2D eigenvalue weighted by Gasteiger charge is 2.48. The van der Waals surface area contributed by atoms with Gasteiger partial charge >= 0.3 is 5.97 Å². The van der Waals surface area contributed by atoms with E-state index in [1.807, 2.05) is 65.9 Å². The summed E-state index contributed by atoms with van der Waals surface area (Å²) in [6.45, 7) is 20.7. The minimum absolute atomic E-state index is 0.0226. The quantitative estimate of drug-likeness (QED) is 0.0986. The van der Waals surface area contributed by atoms with Crippen molar-refractivity contribution in [1.29, 1.82) is 0 Å². The number of nitrogens with one attached hydrogen (secondary N) is 1. The second-order valence-electron chi connectivity index (χ2n) is 21.9. The van der Waals surface area contributed by atoms with Crippen molar-refractivity contribution in [1.82, 2.24) is 15.1 Å². The third-order valence-electron chi connectivity index (χ3n) is 15.4. The van der Waals surface area contributed by atoms with Crippen LogP contribution in [0.3, 0.4) is 0 Å². The number of carbonyl (C=O) groups excluding carboxylic acids is 3. The number of cyclic esters (lactones) is 1. The van der Waals surface area contributed by atoms with E-state index < -0.39 is 78.0 Å². The summed E-state index contributed by atoms with van der Waals surface area (Å²) in [4.78, 5) is 43.6. The molecular weight excluding hydrogens is 951 g/mol. The lowest BCUT2D eigenvalue weighted by Gasteiger charge is -2.42. The number of amides is 1. The van der Waals surface area contributed by atoms with Gasteiger partial charge in [0.05, 0.1) is 48.6 Å². The van der Waals surface area contributed by atoms with E-state index in [1.165, 1.54) is 12.5 Å². The highest BCUT2D eigenvalue weighted by Crippen LogP contribution is 2.38. The van der Waals surface area contributed by atoms with Crippen LogP contribution < -0.4 is 5.32 Å². The van der Waals surface area contributed by atoms with E-state index in [0.29, 0.717) is 37.3 Å². The average molecular weight is 1050 g/mol. The first-order valence-corrected chi connectivity index (χ1v) is 26.7. The molecule has 4 aliphatic rings. The van der Waals surface area contributed by atoms with Crippen molar-refractivity contribution in [3.8, 4) is 12.8 Å². The monoisotopic (exact) mass is 1050 g/mol. The Balaban J connectivity index is 0.000000477. The third-order valence-corrected chi connectivity index (χ3v) is 15.4. The van der Waals surface area contributed by atoms with Gasteiger partial charge in [0.15, 0.2) is 12.6 Å². The third kappa shape index (κ3) is 19.6. The average Bonchev–Trinajstić information content (AvgIpc) is 3.37. The summed E-state index contributed by atoms with van der Waals surface area (Å²) >= 11 is 0. The smallest absolute Gasteiger partial charge is 0.311 e. The van der Waals surface area contributed by atoms with Crippen molar-refractivity contribution in [2.24, 2.45) is 29.6 Å². The number of methoxy groups -OCH3 is 1. The summed E-state index contributed by atoms with van der Waals surface area (Å²) in [6.07, 6.45) is 10.7. The van der Waals surface area contributed by atoms with Crippen LogP contribution in [0.4, 0.5) is 0 Å². The Morgan fingerprint density at radius 1 is 0.946 bits per heavy atom. The molecule has 17 heteroatoms. The van der Waals surface area contributed by atoms with E-state index in [-0.39, 0.29) is 55.3 Å². The van der Waals surface area contributed by atoms with Gasteiger partial charge in [-0.05, 0) is 116 Å². The van der Waals surface area contributed by atoms with Crippen LogP contribution in [0, 0.1) is 42.4 Å². The Labute approximate surface area is 443 Å². The fraction of sp³-hybridized carbons (Fsp3) is 0.772. The lowest BCUT2D eigenvalue weighted by atomic mass is 9.75. The van der Waals surface area contributed by atoms with Crippen molar-refractivity contribution in [2.45, 2.75) is 200 Å². The van der Waals surface area contributed by atoms with Crippen LogP contribution in [0.25, 0.3) is 5.57 Å². The Morgan fingerprint density at radius 2 is 1.57 bits per heavy atom. The van der Waals surface area contributed by atoms with E-state index in [1.54, 1.807) is 27.9 Å². The van der Waals surface area contributed by atoms with Crippen LogP contribution in [0.15, 0.2) is 30.3 Å². The molecule has 3 saturated heterocycles. The molecule has 0 aromatic heterocycles. The van der Waals surface area contributed by atoms with Gasteiger partial charge in [-0.15, -0.1) is 12.8 Å². The Kier molecular flexibility index (Phi) is 28.7. The molecule has 17 nitrogen and oxygen atoms in total. The predicted octanol–water partition coefficient (Wildman–Crippen LogP) is 5.26. The zero-order chi connectivity index (χ0) is 56.2. The van der Waals surface area contributed by atoms with Crippen LogP contribution in [0.5, 0.6) is 0 Å². The molecule has 1 aromatic rings. The molecule has 5 rings (SSSR count). The minimum atomic E-state index is -1.81. The number of hydrogen-bond donors (Lipinski definition) is 7. The number of hydrogen-bond acceptors (Lipinski definition) is 16. The zero-order valence-electron chi connectivity index (χ0n) is 47.2. The number of carbonyl (C=O) groups is 3. The molecule has 0 saturated carbocycles. The number of likely N-dealkylation sites (N-methyl/N-ethyl adjacent to an activating group) is 1. The molecule has 3 fully saturated rings. The van der Waals surface area contributed by atoms with E-state index in [0.717, 1.165) is 51.4 Å². The fourth-order valence-electron chi connectivity index (χ4n) is 11.1. The maximum absolute atomic E-state index is 13.5. The second-order valence-corrected chi connectivity index (χ2v) is 21.9. The van der Waals surface area contributed by atoms with Gasteiger partial charge in [0.2, 0.25) is 5.91 Å². The molecule has 1 amide bonds. The largest absolute Gasteiger partial charge is 0.459 e. The summed E-state index contributed by atoms with van der Waals surface area (Å²) in [5.74, 6) is -2.52. The summed E-state index contributed by atoms with van der Waals surface area (Å²) < 4.78 is 29.7. The topological polar surface area (TPSA) is 237 Å². The van der Waals surface area contributed by atoms with Gasteiger partial charge in [-0.1, -0.05) is 65.0 Å². The highest BCUT2D eigenvalue weighted by atomic mass is 16.7. The van der Waals surface area contributed by atoms with Crippen molar-refractivity contribution in [3.05, 3.63) is 41.5 Å². The number of ether oxygens (including phenoxy) is 5. The van der Waals surface area contributed by atoms with Gasteiger partial charge in [-0.2, -0.15) is 0 Å². The molecule has 0 bridgehead atoms. The van der Waals surface area contributed by atoms with Crippen molar-refractivity contribution < 1.29 is 68.7 Å². The van der Waals surface area contributed by atoms with Crippen LogP contribution in [0.2, 0.25) is 0 Å². The number of esters is 1. The first-order chi connectivity index (χ1) is 34.8. The van der Waals surface area contributed by atoms with Crippen LogP contribution in [-0.4, -0.2) is 179 Å². The van der Waals surface area contributed by atoms with Gasteiger partial charge < -0.3 is 69.4 Å². The number of Topliss-reactive ketones (excluding diaryl/α,β-unsaturated/α-hetero) is 1. The van der Waals surface area contributed by atoms with E-state index >= 15 is 0 Å². The number of nitrogens with zero attached hydrogens (tertiary/aromatic N) is 2. The van der Waals surface area contributed by atoms with E-state index in [9.17, 15) is 39.9 Å². The molecule has 0 spiro atoms. The summed E-state index contributed by atoms with van der Waals surface area (Å²) in [6, 6.07) is 7.05. The van der Waals surface area contributed by atoms with Crippen LogP contribution in [0.1, 0.15) is 144 Å². The molecule has 17 atom stereocenters. The maximum atomic E-state index is 13.5. The molecule has 0 radical (unpaired) electrons. The molecule has 0 aliphatic carbocycles.